The van der Waals surface area contributed by atoms with Crippen molar-refractivity contribution in [3.63, 3.8) is 0 Å². The lowest BCUT2D eigenvalue weighted by Gasteiger charge is -2.31. The molecule has 0 bridgehead atoms. The van der Waals surface area contributed by atoms with Gasteiger partial charge in [0.2, 0.25) is 0 Å². The number of nitrogens with zero attached hydrogens (tertiary/aromatic N) is 2. The van der Waals surface area contributed by atoms with Crippen LogP contribution in [0.2, 0.25) is 0 Å². The molecule has 0 aliphatic heterocycles. The number of para-hydroxylation sites is 1. The number of hydrogen-bond donors (Lipinski definition) is 2. The van der Waals surface area contributed by atoms with Crippen molar-refractivity contribution in [2.75, 3.05) is 13.1 Å². The highest BCUT2D eigenvalue weighted by Gasteiger charge is 2.24. The molecule has 136 valence electrons. The van der Waals surface area contributed by atoms with Crippen LogP contribution in [0.3, 0.4) is 0 Å². The maximum Gasteiger partial charge on any atom is 0.278 e. The van der Waals surface area contributed by atoms with Gasteiger partial charge in [0.05, 0.1) is 17.4 Å². The zero-order valence-corrected chi connectivity index (χ0v) is 15.8. The van der Waals surface area contributed by atoms with E-state index < -0.39 is 0 Å². The van der Waals surface area contributed by atoms with Gasteiger partial charge in [-0.25, -0.2) is 4.98 Å². The second kappa shape index (κ2) is 8.25. The second-order valence-corrected chi connectivity index (χ2v) is 6.98. The highest BCUT2D eigenvalue weighted by atomic mass is 16.2. The normalized spacial score (nSPS) is 12.8. The Morgan fingerprint density at radius 1 is 1.20 bits per heavy atom. The lowest BCUT2D eigenvalue weighted by Crippen LogP contribution is -3.11. The summed E-state index contributed by atoms with van der Waals surface area (Å²) in [4.78, 5) is 35.3. The first-order valence-corrected chi connectivity index (χ1v) is 8.96. The number of rotatable bonds is 7. The van der Waals surface area contributed by atoms with Crippen molar-refractivity contribution in [1.29, 1.82) is 0 Å². The summed E-state index contributed by atoms with van der Waals surface area (Å²) in [6.07, 6.45) is 0. The van der Waals surface area contributed by atoms with Gasteiger partial charge >= 0.3 is 0 Å². The van der Waals surface area contributed by atoms with Crippen LogP contribution in [0.4, 0.5) is 0 Å². The van der Waals surface area contributed by atoms with E-state index in [1.54, 1.807) is 6.07 Å². The predicted molar refractivity (Wildman–Crippen MR) is 99.6 cm³/mol. The standard InChI is InChI=1S/C19H28N4O2/c1-6-22(12-18(24)23(13(2)3)14(4)5)11-17-20-16-10-8-7-9-15(16)19(25)21-17/h7-10,13-14H,6,11-12H2,1-5H3,(H,20,21,25)/p+1. The molecule has 1 atom stereocenters. The topological polar surface area (TPSA) is 70.5 Å². The smallest absolute Gasteiger partial charge is 0.278 e. The molecule has 6 heteroatoms. The number of carbonyl (C=O) groups excluding carboxylic acids is 1. The lowest BCUT2D eigenvalue weighted by molar-refractivity contribution is -0.905. The maximum atomic E-state index is 12.7. The van der Waals surface area contributed by atoms with E-state index in [0.29, 0.717) is 29.8 Å². The average molecular weight is 345 g/mol. The Morgan fingerprint density at radius 2 is 1.84 bits per heavy atom. The number of fused-ring (bicyclic) bond motifs is 1. The van der Waals surface area contributed by atoms with E-state index in [4.69, 9.17) is 0 Å². The van der Waals surface area contributed by atoms with Gasteiger partial charge in [0.15, 0.2) is 12.4 Å². The first-order chi connectivity index (χ1) is 11.8. The van der Waals surface area contributed by atoms with Crippen molar-refractivity contribution < 1.29 is 9.69 Å². The van der Waals surface area contributed by atoms with Crippen LogP contribution < -0.4 is 10.5 Å². The maximum absolute atomic E-state index is 12.7. The van der Waals surface area contributed by atoms with Gasteiger partial charge in [0.1, 0.15) is 6.54 Å². The molecular formula is C19H29N4O2+. The molecule has 0 saturated heterocycles. The van der Waals surface area contributed by atoms with Gasteiger partial charge in [0.25, 0.3) is 11.5 Å². The molecule has 0 fully saturated rings. The molecule has 1 amide bonds. The van der Waals surface area contributed by atoms with Crippen molar-refractivity contribution in [2.45, 2.75) is 53.2 Å². The average Bonchev–Trinajstić information content (AvgIpc) is 2.53. The Bertz CT molecular complexity index is 774. The van der Waals surface area contributed by atoms with E-state index in [1.807, 2.05) is 57.7 Å². The minimum Gasteiger partial charge on any atom is -0.333 e. The quantitative estimate of drug-likeness (QED) is 0.786. The third kappa shape index (κ3) is 4.66. The third-order valence-corrected chi connectivity index (χ3v) is 4.38. The van der Waals surface area contributed by atoms with Crippen molar-refractivity contribution in [1.82, 2.24) is 14.9 Å². The Labute approximate surface area is 148 Å². The fraction of sp³-hybridized carbons (Fsp3) is 0.526. The van der Waals surface area contributed by atoms with Crippen molar-refractivity contribution in [2.24, 2.45) is 0 Å². The Kier molecular flexibility index (Phi) is 6.31. The minimum atomic E-state index is -0.131. The van der Waals surface area contributed by atoms with E-state index >= 15 is 0 Å². The number of aromatic amines is 1. The van der Waals surface area contributed by atoms with Crippen molar-refractivity contribution in [3.05, 3.63) is 40.4 Å². The van der Waals surface area contributed by atoms with Gasteiger partial charge in [-0.3, -0.25) is 9.59 Å². The zero-order chi connectivity index (χ0) is 18.6. The predicted octanol–water partition coefficient (Wildman–Crippen LogP) is 0.973. The molecule has 1 aromatic carbocycles. The van der Waals surface area contributed by atoms with Crippen LogP contribution in [0.15, 0.2) is 29.1 Å². The summed E-state index contributed by atoms with van der Waals surface area (Å²) in [6.45, 7) is 11.9. The summed E-state index contributed by atoms with van der Waals surface area (Å²) in [5, 5.41) is 0.589. The van der Waals surface area contributed by atoms with Crippen LogP contribution in [0.5, 0.6) is 0 Å². The minimum absolute atomic E-state index is 0.130. The summed E-state index contributed by atoms with van der Waals surface area (Å²) < 4.78 is 0. The largest absolute Gasteiger partial charge is 0.333 e. The number of amides is 1. The molecule has 0 aliphatic carbocycles. The van der Waals surface area contributed by atoms with Crippen LogP contribution in [0.25, 0.3) is 10.9 Å². The summed E-state index contributed by atoms with van der Waals surface area (Å²) in [5.74, 6) is 0.749. The number of nitrogens with one attached hydrogen (secondary N) is 2. The molecule has 2 aromatic rings. The van der Waals surface area contributed by atoms with Gasteiger partial charge in [-0.15, -0.1) is 0 Å². The van der Waals surface area contributed by atoms with E-state index in [0.717, 1.165) is 11.4 Å². The SMILES string of the molecule is CC[NH+](CC(=O)N(C(C)C)C(C)C)Cc1nc2ccccc2c(=O)[nH]1. The van der Waals surface area contributed by atoms with E-state index in [-0.39, 0.29) is 23.6 Å². The van der Waals surface area contributed by atoms with Gasteiger partial charge < -0.3 is 14.8 Å². The fourth-order valence-corrected chi connectivity index (χ4v) is 3.25. The van der Waals surface area contributed by atoms with Crippen molar-refractivity contribution >= 4 is 16.8 Å². The lowest BCUT2D eigenvalue weighted by atomic mass is 10.2. The number of H-pyrrole nitrogens is 1. The number of likely N-dealkylation sites (N-methyl/N-ethyl adjacent to an activating group) is 1. The highest BCUT2D eigenvalue weighted by Crippen LogP contribution is 2.06. The van der Waals surface area contributed by atoms with Gasteiger partial charge in [0, 0.05) is 12.1 Å². The molecule has 0 radical (unpaired) electrons. The molecule has 2 N–H and O–H groups in total. The molecule has 0 spiro atoms. The number of aromatic nitrogens is 2. The Morgan fingerprint density at radius 3 is 2.44 bits per heavy atom. The summed E-state index contributed by atoms with van der Waals surface area (Å²) in [7, 11) is 0. The molecule has 6 nitrogen and oxygen atoms in total. The summed E-state index contributed by atoms with van der Waals surface area (Å²) >= 11 is 0. The molecule has 0 aliphatic rings. The molecule has 1 heterocycles. The highest BCUT2D eigenvalue weighted by molar-refractivity contribution is 5.78. The van der Waals surface area contributed by atoms with Crippen LogP contribution in [0.1, 0.15) is 40.4 Å². The number of hydrogen-bond acceptors (Lipinski definition) is 3. The van der Waals surface area contributed by atoms with Crippen molar-refractivity contribution in [3.8, 4) is 0 Å². The Balaban J connectivity index is 2.17. The second-order valence-electron chi connectivity index (χ2n) is 6.98. The molecule has 1 unspecified atom stereocenters. The monoisotopic (exact) mass is 345 g/mol. The van der Waals surface area contributed by atoms with Gasteiger partial charge in [-0.1, -0.05) is 12.1 Å². The van der Waals surface area contributed by atoms with Gasteiger partial charge in [-0.2, -0.15) is 0 Å². The van der Waals surface area contributed by atoms with E-state index in [1.165, 1.54) is 0 Å². The van der Waals surface area contributed by atoms with Gasteiger partial charge in [-0.05, 0) is 46.8 Å². The first-order valence-electron chi connectivity index (χ1n) is 8.96. The molecule has 2 rings (SSSR count). The van der Waals surface area contributed by atoms with Crippen LogP contribution in [0, 0.1) is 0 Å². The summed E-state index contributed by atoms with van der Waals surface area (Å²) in [6, 6.07) is 7.64. The first kappa shape index (κ1) is 19.1. The van der Waals surface area contributed by atoms with E-state index in [2.05, 4.69) is 9.97 Å². The zero-order valence-electron chi connectivity index (χ0n) is 15.8. The van der Waals surface area contributed by atoms with Crippen LogP contribution in [-0.2, 0) is 11.3 Å². The van der Waals surface area contributed by atoms with Crippen LogP contribution in [-0.4, -0.2) is 45.9 Å². The third-order valence-electron chi connectivity index (χ3n) is 4.38. The molecule has 25 heavy (non-hydrogen) atoms. The molecular weight excluding hydrogens is 316 g/mol. The summed E-state index contributed by atoms with van der Waals surface area (Å²) in [5.41, 5.74) is 0.558. The Hall–Kier alpha value is -2.21. The molecule has 1 aromatic heterocycles. The number of benzene rings is 1. The molecule has 0 saturated carbocycles. The van der Waals surface area contributed by atoms with E-state index in [9.17, 15) is 9.59 Å². The fourth-order valence-electron chi connectivity index (χ4n) is 3.25. The van der Waals surface area contributed by atoms with Crippen LogP contribution >= 0.6 is 0 Å². The number of carbonyl (C=O) groups is 1. The number of quaternary nitrogens is 1.